The summed E-state index contributed by atoms with van der Waals surface area (Å²) in [4.78, 5) is 0. The Kier molecular flexibility index (Phi) is 2.29. The maximum absolute atomic E-state index is 9.79. The lowest BCUT2D eigenvalue weighted by Gasteiger charge is -1.99. The van der Waals surface area contributed by atoms with E-state index in [1.807, 2.05) is 12.1 Å². The zero-order chi connectivity index (χ0) is 10.1. The summed E-state index contributed by atoms with van der Waals surface area (Å²) >= 11 is 4.07. The second-order valence-electron chi connectivity index (χ2n) is 3.10. The first kappa shape index (κ1) is 9.27. The van der Waals surface area contributed by atoms with Crippen LogP contribution in [0.5, 0.6) is 5.75 Å². The third-order valence-corrected chi connectivity index (χ3v) is 2.49. The maximum atomic E-state index is 9.79. The quantitative estimate of drug-likeness (QED) is 0.523. The first-order valence-corrected chi connectivity index (χ1v) is 5.00. The number of rotatable bonds is 2. The Balaban J connectivity index is 2.72. The van der Waals surface area contributed by atoms with E-state index in [9.17, 15) is 10.3 Å². The molecule has 0 aliphatic heterocycles. The van der Waals surface area contributed by atoms with Crippen LogP contribution in [0.4, 0.5) is 0 Å². The van der Waals surface area contributed by atoms with Crippen molar-refractivity contribution in [3.05, 3.63) is 30.0 Å². The van der Waals surface area contributed by atoms with E-state index >= 15 is 0 Å². The van der Waals surface area contributed by atoms with Gasteiger partial charge in [-0.2, -0.15) is 17.4 Å². The van der Waals surface area contributed by atoms with Gasteiger partial charge in [-0.25, -0.2) is 0 Å². The Bertz CT molecular complexity index is 425. The van der Waals surface area contributed by atoms with Crippen LogP contribution in [0, 0.1) is 0 Å². The molecular weight excluding hydrogens is 198 g/mol. The van der Waals surface area contributed by atoms with Gasteiger partial charge in [0.2, 0.25) is 0 Å². The Labute approximate surface area is 87.0 Å². The van der Waals surface area contributed by atoms with Gasteiger partial charge in [-0.1, -0.05) is 12.1 Å². The second kappa shape index (κ2) is 3.46. The van der Waals surface area contributed by atoms with Crippen LogP contribution in [0.1, 0.15) is 5.69 Å². The third kappa shape index (κ3) is 1.23. The van der Waals surface area contributed by atoms with Gasteiger partial charge in [0.05, 0.1) is 5.52 Å². The van der Waals surface area contributed by atoms with Gasteiger partial charge in [-0.3, -0.25) is 0 Å². The number of aromatic hydroxyl groups is 1. The summed E-state index contributed by atoms with van der Waals surface area (Å²) in [5.74, 6) is 0.738. The van der Waals surface area contributed by atoms with Gasteiger partial charge in [0, 0.05) is 11.8 Å². The third-order valence-electron chi connectivity index (χ3n) is 2.26. The Morgan fingerprint density at radius 2 is 2.00 bits per heavy atom. The molecule has 74 valence electrons. The van der Waals surface area contributed by atoms with Crippen molar-refractivity contribution in [2.75, 3.05) is 5.75 Å². The molecule has 1 aromatic heterocycles. The summed E-state index contributed by atoms with van der Waals surface area (Å²) in [5.41, 5.74) is 1.14. The smallest absolute Gasteiger partial charge is 0.147 e. The van der Waals surface area contributed by atoms with Gasteiger partial charge in [-0.05, 0) is 17.9 Å². The molecule has 0 spiro atoms. The van der Waals surface area contributed by atoms with Crippen LogP contribution in [0.25, 0.3) is 10.9 Å². The molecule has 2 N–H and O–H groups in total. The fourth-order valence-electron chi connectivity index (χ4n) is 1.59. The van der Waals surface area contributed by atoms with Crippen molar-refractivity contribution >= 4 is 23.5 Å². The van der Waals surface area contributed by atoms with Crippen molar-refractivity contribution in [2.45, 2.75) is 6.42 Å². The highest BCUT2D eigenvalue weighted by Gasteiger charge is 2.14. The largest absolute Gasteiger partial charge is 0.505 e. The summed E-state index contributed by atoms with van der Waals surface area (Å²) in [5, 5.41) is 20.2. The minimum absolute atomic E-state index is 0.150. The number of hydrogen-bond donors (Lipinski definition) is 3. The molecule has 0 saturated carbocycles. The zero-order valence-electron chi connectivity index (χ0n) is 7.51. The number of aromatic nitrogens is 1. The molecule has 1 heterocycles. The molecular formula is C10H11NO2S. The molecule has 0 radical (unpaired) electrons. The molecule has 0 aliphatic rings. The number of benzene rings is 1. The van der Waals surface area contributed by atoms with Gasteiger partial charge in [0.15, 0.2) is 0 Å². The lowest BCUT2D eigenvalue weighted by Crippen LogP contribution is -1.98. The minimum Gasteiger partial charge on any atom is -0.505 e. The van der Waals surface area contributed by atoms with Gasteiger partial charge in [-0.15, -0.1) is 0 Å². The zero-order valence-corrected chi connectivity index (χ0v) is 8.41. The average molecular weight is 209 g/mol. The number of thiol groups is 1. The molecule has 1 aromatic carbocycles. The molecule has 0 atom stereocenters. The van der Waals surface area contributed by atoms with Crippen molar-refractivity contribution in [3.63, 3.8) is 0 Å². The molecule has 0 bridgehead atoms. The molecule has 2 aromatic rings. The van der Waals surface area contributed by atoms with E-state index in [0.717, 1.165) is 4.73 Å². The van der Waals surface area contributed by atoms with Gasteiger partial charge in [0.1, 0.15) is 11.4 Å². The van der Waals surface area contributed by atoms with Crippen molar-refractivity contribution in [2.24, 2.45) is 0 Å². The monoisotopic (exact) mass is 209 g/mol. The normalized spacial score (nSPS) is 10.9. The molecule has 0 amide bonds. The molecule has 4 heteroatoms. The van der Waals surface area contributed by atoms with Crippen LogP contribution in [0.15, 0.2) is 24.3 Å². The van der Waals surface area contributed by atoms with Crippen molar-refractivity contribution in [3.8, 4) is 5.75 Å². The van der Waals surface area contributed by atoms with E-state index in [-0.39, 0.29) is 5.75 Å². The van der Waals surface area contributed by atoms with E-state index in [1.54, 1.807) is 12.1 Å². The topological polar surface area (TPSA) is 45.4 Å². The van der Waals surface area contributed by atoms with Crippen LogP contribution >= 0.6 is 12.6 Å². The predicted molar refractivity (Wildman–Crippen MR) is 58.3 cm³/mol. The lowest BCUT2D eigenvalue weighted by molar-refractivity contribution is 0.189. The maximum Gasteiger partial charge on any atom is 0.147 e. The Hall–Kier alpha value is -1.29. The molecule has 0 fully saturated rings. The van der Waals surface area contributed by atoms with Crippen LogP contribution in [0.3, 0.4) is 0 Å². The highest BCUT2D eigenvalue weighted by Crippen LogP contribution is 2.31. The summed E-state index contributed by atoms with van der Waals surface area (Å²) in [6.45, 7) is 0. The molecule has 14 heavy (non-hydrogen) atoms. The number of nitrogens with zero attached hydrogens (tertiary/aromatic N) is 1. The fourth-order valence-corrected chi connectivity index (χ4v) is 1.80. The van der Waals surface area contributed by atoms with E-state index in [4.69, 9.17) is 0 Å². The van der Waals surface area contributed by atoms with E-state index in [1.165, 1.54) is 0 Å². The van der Waals surface area contributed by atoms with Crippen molar-refractivity contribution in [1.82, 2.24) is 4.73 Å². The summed E-state index contributed by atoms with van der Waals surface area (Å²) in [6.07, 6.45) is 0.542. The van der Waals surface area contributed by atoms with Crippen molar-refractivity contribution in [1.29, 1.82) is 0 Å². The van der Waals surface area contributed by atoms with Gasteiger partial charge >= 0.3 is 0 Å². The SMILES string of the molecule is Oc1c(CCS)n(O)c2ccccc12. The van der Waals surface area contributed by atoms with Gasteiger partial charge < -0.3 is 10.3 Å². The molecule has 0 aliphatic carbocycles. The minimum atomic E-state index is 0.150. The Morgan fingerprint density at radius 1 is 1.29 bits per heavy atom. The summed E-state index contributed by atoms with van der Waals surface area (Å²) in [6, 6.07) is 7.18. The van der Waals surface area contributed by atoms with Gasteiger partial charge in [0.25, 0.3) is 0 Å². The second-order valence-corrected chi connectivity index (χ2v) is 3.55. The number of para-hydroxylation sites is 1. The van der Waals surface area contributed by atoms with Crippen LogP contribution in [0.2, 0.25) is 0 Å². The summed E-state index contributed by atoms with van der Waals surface area (Å²) < 4.78 is 1.03. The number of hydrogen-bond acceptors (Lipinski definition) is 3. The van der Waals surface area contributed by atoms with Crippen LogP contribution < -0.4 is 0 Å². The number of fused-ring (bicyclic) bond motifs is 1. The molecule has 3 nitrogen and oxygen atoms in total. The van der Waals surface area contributed by atoms with E-state index in [2.05, 4.69) is 12.6 Å². The standard InChI is InChI=1S/C10H11NO2S/c12-10-7-3-1-2-4-8(7)11(13)9(10)5-6-14/h1-4,12-14H,5-6H2. The fraction of sp³-hybridized carbons (Fsp3) is 0.200. The van der Waals surface area contributed by atoms with Crippen molar-refractivity contribution < 1.29 is 10.3 Å². The van der Waals surface area contributed by atoms with Crippen LogP contribution in [-0.2, 0) is 6.42 Å². The predicted octanol–water partition coefficient (Wildman–Crippen LogP) is 2.06. The molecule has 0 saturated heterocycles. The van der Waals surface area contributed by atoms with Crippen LogP contribution in [-0.4, -0.2) is 20.8 Å². The highest BCUT2D eigenvalue weighted by atomic mass is 32.1. The van der Waals surface area contributed by atoms with E-state index in [0.29, 0.717) is 28.8 Å². The van der Waals surface area contributed by atoms with E-state index < -0.39 is 0 Å². The molecule has 2 rings (SSSR count). The first-order valence-electron chi connectivity index (χ1n) is 4.37. The summed E-state index contributed by atoms with van der Waals surface area (Å²) in [7, 11) is 0. The lowest BCUT2D eigenvalue weighted by atomic mass is 10.2. The molecule has 0 unspecified atom stereocenters. The highest BCUT2D eigenvalue weighted by molar-refractivity contribution is 7.80. The first-order chi connectivity index (χ1) is 6.75. The Morgan fingerprint density at radius 3 is 2.64 bits per heavy atom. The average Bonchev–Trinajstić information content (AvgIpc) is 2.45.